The highest BCUT2D eigenvalue weighted by Crippen LogP contribution is 2.03. The van der Waals surface area contributed by atoms with Crippen molar-refractivity contribution in [3.8, 4) is 5.88 Å². The standard InChI is InChI=1S/C8H12N3O2/c1-3-5(2)10-8(13)7-9-4-6(12)11-7/h4-5H,3H2,1-2H3,(H,9,11)(H,10,13). The van der Waals surface area contributed by atoms with Crippen molar-refractivity contribution in [3.63, 3.8) is 0 Å². The highest BCUT2D eigenvalue weighted by Gasteiger charge is 2.12. The molecule has 1 heterocycles. The minimum absolute atomic E-state index is 0.0744. The highest BCUT2D eigenvalue weighted by molar-refractivity contribution is 5.90. The van der Waals surface area contributed by atoms with Crippen LogP contribution in [0.5, 0.6) is 5.88 Å². The van der Waals surface area contributed by atoms with Gasteiger partial charge in [0.05, 0.1) is 6.20 Å². The van der Waals surface area contributed by atoms with Crippen molar-refractivity contribution in [1.29, 1.82) is 0 Å². The second-order valence-electron chi connectivity index (χ2n) is 2.87. The lowest BCUT2D eigenvalue weighted by Gasteiger charge is -2.08. The van der Waals surface area contributed by atoms with Gasteiger partial charge in [-0.15, -0.1) is 0 Å². The van der Waals surface area contributed by atoms with Crippen LogP contribution >= 0.6 is 0 Å². The van der Waals surface area contributed by atoms with Gasteiger partial charge < -0.3 is 10.3 Å². The van der Waals surface area contributed by atoms with Gasteiger partial charge in [-0.2, -0.15) is 4.98 Å². The number of nitrogens with zero attached hydrogens (tertiary/aromatic N) is 1. The van der Waals surface area contributed by atoms with Crippen LogP contribution in [-0.2, 0) is 5.11 Å². The number of rotatable bonds is 3. The molecule has 0 fully saturated rings. The summed E-state index contributed by atoms with van der Waals surface area (Å²) in [6.07, 6.45) is 2.00. The summed E-state index contributed by atoms with van der Waals surface area (Å²) in [5.41, 5.74) is 0. The van der Waals surface area contributed by atoms with E-state index < -0.39 is 5.88 Å². The summed E-state index contributed by atoms with van der Waals surface area (Å²) < 4.78 is 0. The average molecular weight is 182 g/mol. The molecular weight excluding hydrogens is 170 g/mol. The van der Waals surface area contributed by atoms with Crippen LogP contribution in [0.2, 0.25) is 0 Å². The van der Waals surface area contributed by atoms with Crippen molar-refractivity contribution in [3.05, 3.63) is 12.0 Å². The van der Waals surface area contributed by atoms with Crippen molar-refractivity contribution in [2.24, 2.45) is 0 Å². The molecule has 5 heteroatoms. The number of hydrogen-bond acceptors (Lipinski definition) is 2. The zero-order valence-electron chi connectivity index (χ0n) is 7.63. The number of aromatic amines is 1. The molecule has 0 aliphatic heterocycles. The fraction of sp³-hybridized carbons (Fsp3) is 0.500. The van der Waals surface area contributed by atoms with E-state index in [-0.39, 0.29) is 17.8 Å². The van der Waals surface area contributed by atoms with Crippen molar-refractivity contribution < 1.29 is 9.90 Å². The number of hydrogen-bond donors (Lipinski definition) is 2. The third-order valence-electron chi connectivity index (χ3n) is 1.76. The number of nitrogens with one attached hydrogen (secondary N) is 2. The molecule has 0 aromatic carbocycles. The van der Waals surface area contributed by atoms with E-state index >= 15 is 0 Å². The third kappa shape index (κ3) is 2.47. The fourth-order valence-corrected chi connectivity index (χ4v) is 0.815. The lowest BCUT2D eigenvalue weighted by molar-refractivity contribution is 0.0929. The molecule has 1 aromatic heterocycles. The minimum atomic E-state index is -0.422. The van der Waals surface area contributed by atoms with E-state index in [1.54, 1.807) is 0 Å². The zero-order chi connectivity index (χ0) is 9.84. The molecule has 0 aliphatic rings. The first-order valence-electron chi connectivity index (χ1n) is 4.16. The van der Waals surface area contributed by atoms with E-state index in [1.165, 1.54) is 0 Å². The second-order valence-corrected chi connectivity index (χ2v) is 2.87. The van der Waals surface area contributed by atoms with Gasteiger partial charge in [-0.1, -0.05) is 6.92 Å². The number of aromatic nitrogens is 2. The van der Waals surface area contributed by atoms with Gasteiger partial charge >= 0.3 is 0 Å². The molecule has 1 atom stereocenters. The van der Waals surface area contributed by atoms with E-state index in [0.717, 1.165) is 12.6 Å². The highest BCUT2D eigenvalue weighted by atomic mass is 16.3. The van der Waals surface area contributed by atoms with Crippen LogP contribution in [-0.4, -0.2) is 21.9 Å². The molecule has 0 aliphatic carbocycles. The Hall–Kier alpha value is -1.52. The summed E-state index contributed by atoms with van der Waals surface area (Å²) >= 11 is 0. The molecule has 0 spiro atoms. The van der Waals surface area contributed by atoms with Gasteiger partial charge in [0, 0.05) is 6.04 Å². The Morgan fingerprint density at radius 1 is 1.77 bits per heavy atom. The molecule has 13 heavy (non-hydrogen) atoms. The first kappa shape index (κ1) is 9.57. The minimum Gasteiger partial charge on any atom is -0.347 e. The number of H-pyrrole nitrogens is 1. The Labute approximate surface area is 76.2 Å². The maximum Gasteiger partial charge on any atom is 0.288 e. The van der Waals surface area contributed by atoms with Crippen molar-refractivity contribution in [2.75, 3.05) is 0 Å². The maximum atomic E-state index is 11.3. The molecule has 0 bridgehead atoms. The van der Waals surface area contributed by atoms with Crippen LogP contribution in [0.3, 0.4) is 0 Å². The molecule has 1 rings (SSSR count). The second kappa shape index (κ2) is 3.93. The summed E-state index contributed by atoms with van der Waals surface area (Å²) in [6, 6.07) is 0.0905. The van der Waals surface area contributed by atoms with Gasteiger partial charge in [-0.25, -0.2) is 0 Å². The normalized spacial score (nSPS) is 12.5. The molecule has 0 saturated carbocycles. The van der Waals surface area contributed by atoms with Crippen LogP contribution in [0.1, 0.15) is 30.9 Å². The quantitative estimate of drug-likeness (QED) is 0.733. The number of carbonyl (C=O) groups excluding carboxylic acids is 1. The predicted octanol–water partition coefficient (Wildman–Crippen LogP) is 1.08. The van der Waals surface area contributed by atoms with Gasteiger partial charge in [-0.05, 0) is 13.3 Å². The smallest absolute Gasteiger partial charge is 0.288 e. The summed E-state index contributed by atoms with van der Waals surface area (Å²) in [7, 11) is 0. The van der Waals surface area contributed by atoms with Crippen molar-refractivity contribution in [1.82, 2.24) is 15.3 Å². The first-order chi connectivity index (χ1) is 6.13. The third-order valence-corrected chi connectivity index (χ3v) is 1.76. The molecule has 1 radical (unpaired) electrons. The van der Waals surface area contributed by atoms with E-state index in [0.29, 0.717) is 0 Å². The van der Waals surface area contributed by atoms with Gasteiger partial charge in [-0.3, -0.25) is 9.90 Å². The van der Waals surface area contributed by atoms with E-state index in [1.807, 2.05) is 13.8 Å². The van der Waals surface area contributed by atoms with Gasteiger partial charge in [0.15, 0.2) is 5.82 Å². The lowest BCUT2D eigenvalue weighted by atomic mass is 10.2. The van der Waals surface area contributed by atoms with Gasteiger partial charge in [0.2, 0.25) is 0 Å². The predicted molar refractivity (Wildman–Crippen MR) is 45.9 cm³/mol. The molecule has 1 aromatic rings. The first-order valence-corrected chi connectivity index (χ1v) is 4.16. The Balaban J connectivity index is 2.58. The fourth-order valence-electron chi connectivity index (χ4n) is 0.815. The van der Waals surface area contributed by atoms with Crippen LogP contribution in [0.4, 0.5) is 0 Å². The molecular formula is C8H12N3O2. The molecule has 71 valence electrons. The van der Waals surface area contributed by atoms with E-state index in [2.05, 4.69) is 15.3 Å². The number of carbonyl (C=O) groups is 1. The largest absolute Gasteiger partial charge is 0.347 e. The Morgan fingerprint density at radius 2 is 2.46 bits per heavy atom. The van der Waals surface area contributed by atoms with E-state index in [9.17, 15) is 9.90 Å². The molecule has 2 N–H and O–H groups in total. The zero-order valence-corrected chi connectivity index (χ0v) is 7.63. The lowest BCUT2D eigenvalue weighted by Crippen LogP contribution is -2.32. The SMILES string of the molecule is CCC(C)NC(=O)c1nc([O])c[nH]1. The van der Waals surface area contributed by atoms with Crippen LogP contribution in [0.15, 0.2) is 6.20 Å². The Morgan fingerprint density at radius 3 is 2.92 bits per heavy atom. The topological polar surface area (TPSA) is 77.7 Å². The Bertz CT molecular complexity index is 295. The maximum absolute atomic E-state index is 11.3. The molecule has 0 saturated heterocycles. The van der Waals surface area contributed by atoms with Crippen molar-refractivity contribution >= 4 is 5.91 Å². The van der Waals surface area contributed by atoms with Crippen LogP contribution in [0, 0.1) is 0 Å². The van der Waals surface area contributed by atoms with Gasteiger partial charge in [0.25, 0.3) is 11.8 Å². The number of imidazole rings is 1. The van der Waals surface area contributed by atoms with Crippen LogP contribution in [0.25, 0.3) is 0 Å². The van der Waals surface area contributed by atoms with Crippen molar-refractivity contribution in [2.45, 2.75) is 26.3 Å². The summed E-state index contributed by atoms with van der Waals surface area (Å²) in [4.78, 5) is 17.3. The average Bonchev–Trinajstić information content (AvgIpc) is 2.51. The molecule has 1 unspecified atom stereocenters. The van der Waals surface area contributed by atoms with Gasteiger partial charge in [0.1, 0.15) is 0 Å². The summed E-state index contributed by atoms with van der Waals surface area (Å²) in [6.45, 7) is 3.85. The molecule has 5 nitrogen and oxygen atoms in total. The van der Waals surface area contributed by atoms with E-state index in [4.69, 9.17) is 0 Å². The van der Waals surface area contributed by atoms with Crippen LogP contribution < -0.4 is 5.32 Å². The molecule has 1 amide bonds. The summed E-state index contributed by atoms with van der Waals surface area (Å²) in [5.74, 6) is -0.684. The monoisotopic (exact) mass is 182 g/mol. The number of amides is 1. The Kier molecular flexibility index (Phi) is 2.89. The summed E-state index contributed by atoms with van der Waals surface area (Å²) in [5, 5.41) is 13.3.